The lowest BCUT2D eigenvalue weighted by Crippen LogP contribution is -2.55. The summed E-state index contributed by atoms with van der Waals surface area (Å²) in [5, 5.41) is 10.8. The number of aliphatic carboxylic acids is 1. The predicted octanol–water partition coefficient (Wildman–Crippen LogP) is 0.230. The maximum absolute atomic E-state index is 12.6. The zero-order chi connectivity index (χ0) is 22.6. The van der Waals surface area contributed by atoms with Crippen molar-refractivity contribution in [3.63, 3.8) is 0 Å². The van der Waals surface area contributed by atoms with Gasteiger partial charge in [-0.25, -0.2) is 4.79 Å². The minimum Gasteiger partial charge on any atom is -0.475 e. The summed E-state index contributed by atoms with van der Waals surface area (Å²) in [7, 11) is 3.95. The second-order valence-corrected chi connectivity index (χ2v) is 7.12. The lowest BCUT2D eigenvalue weighted by atomic mass is 10.1. The van der Waals surface area contributed by atoms with Gasteiger partial charge < -0.3 is 29.1 Å². The Morgan fingerprint density at radius 3 is 2.47 bits per heavy atom. The number of carboxylic acid groups (broad SMARTS) is 1. The molecule has 3 heterocycles. The largest absolute Gasteiger partial charge is 0.490 e. The van der Waals surface area contributed by atoms with Gasteiger partial charge in [0.1, 0.15) is 17.9 Å². The minimum absolute atomic E-state index is 0.0106. The number of rotatable bonds is 4. The summed E-state index contributed by atoms with van der Waals surface area (Å²) < 4.78 is 42.3. The van der Waals surface area contributed by atoms with E-state index in [0.29, 0.717) is 31.0 Å². The molecular weight excluding hydrogens is 413 g/mol. The SMILES string of the molecule is Cc1oncc1C(=O)N1C[C@@H]2[C@@H](C1)OCC(=O)N2CCN(C)C.O=C(O)C(F)(F)F. The number of hydrogen-bond donors (Lipinski definition) is 1. The quantitative estimate of drug-likeness (QED) is 0.713. The molecule has 0 bridgehead atoms. The van der Waals surface area contributed by atoms with Crippen molar-refractivity contribution in [1.29, 1.82) is 0 Å². The van der Waals surface area contributed by atoms with Gasteiger partial charge in [-0.15, -0.1) is 0 Å². The topological polar surface area (TPSA) is 116 Å². The van der Waals surface area contributed by atoms with Crippen LogP contribution < -0.4 is 0 Å². The molecule has 10 nitrogen and oxygen atoms in total. The van der Waals surface area contributed by atoms with Crippen molar-refractivity contribution in [1.82, 2.24) is 19.9 Å². The molecule has 0 aliphatic carbocycles. The van der Waals surface area contributed by atoms with E-state index >= 15 is 0 Å². The van der Waals surface area contributed by atoms with E-state index in [1.165, 1.54) is 6.20 Å². The third kappa shape index (κ3) is 5.69. The number of nitrogens with zero attached hydrogens (tertiary/aromatic N) is 4. The summed E-state index contributed by atoms with van der Waals surface area (Å²) in [5.41, 5.74) is 0.467. The van der Waals surface area contributed by atoms with Crippen molar-refractivity contribution >= 4 is 17.8 Å². The van der Waals surface area contributed by atoms with Gasteiger partial charge in [-0.2, -0.15) is 13.2 Å². The number of amides is 2. The summed E-state index contributed by atoms with van der Waals surface area (Å²) in [5.74, 6) is -2.39. The Bertz CT molecular complexity index is 782. The molecule has 2 fully saturated rings. The number of hydrogen-bond acceptors (Lipinski definition) is 7. The van der Waals surface area contributed by atoms with Gasteiger partial charge >= 0.3 is 12.1 Å². The number of likely N-dealkylation sites (N-methyl/N-ethyl adjacent to an activating group) is 1. The second-order valence-electron chi connectivity index (χ2n) is 7.12. The van der Waals surface area contributed by atoms with Crippen LogP contribution in [0.5, 0.6) is 0 Å². The maximum Gasteiger partial charge on any atom is 0.490 e. The zero-order valence-electron chi connectivity index (χ0n) is 16.7. The smallest absolute Gasteiger partial charge is 0.475 e. The molecule has 2 amide bonds. The van der Waals surface area contributed by atoms with Crippen LogP contribution in [0.2, 0.25) is 0 Å². The van der Waals surface area contributed by atoms with Crippen LogP contribution in [0.25, 0.3) is 0 Å². The van der Waals surface area contributed by atoms with E-state index in [-0.39, 0.29) is 30.6 Å². The monoisotopic (exact) mass is 436 g/mol. The summed E-state index contributed by atoms with van der Waals surface area (Å²) in [6, 6.07) is -0.0830. The van der Waals surface area contributed by atoms with Crippen molar-refractivity contribution in [2.45, 2.75) is 25.2 Å². The Hall–Kier alpha value is -2.67. The molecule has 2 atom stereocenters. The van der Waals surface area contributed by atoms with Gasteiger partial charge in [-0.1, -0.05) is 5.16 Å². The average Bonchev–Trinajstić information content (AvgIpc) is 3.26. The summed E-state index contributed by atoms with van der Waals surface area (Å²) in [4.78, 5) is 39.2. The van der Waals surface area contributed by atoms with E-state index < -0.39 is 12.1 Å². The molecule has 0 spiro atoms. The van der Waals surface area contributed by atoms with Gasteiger partial charge in [0.15, 0.2) is 0 Å². The molecule has 2 aliphatic heterocycles. The standard InChI is InChI=1S/C15H22N4O4.C2HF3O2/c1-10-11(6-16-23-10)15(21)18-7-12-13(8-18)22-9-14(20)19(12)5-4-17(2)3;3-2(4,5)1(6)7/h6,12-13H,4-5,7-9H2,1-3H3;(H,6,7)/t12-,13-;/m1./s1. The van der Waals surface area contributed by atoms with E-state index in [0.717, 1.165) is 6.54 Å². The molecule has 2 aliphatic rings. The predicted molar refractivity (Wildman–Crippen MR) is 94.6 cm³/mol. The number of aromatic nitrogens is 1. The van der Waals surface area contributed by atoms with E-state index in [1.807, 2.05) is 23.9 Å². The first kappa shape index (κ1) is 23.6. The van der Waals surface area contributed by atoms with Gasteiger partial charge in [-0.3, -0.25) is 9.59 Å². The van der Waals surface area contributed by atoms with Gasteiger partial charge in [0, 0.05) is 26.2 Å². The van der Waals surface area contributed by atoms with Crippen molar-refractivity contribution in [2.24, 2.45) is 0 Å². The van der Waals surface area contributed by atoms with Crippen LogP contribution in [0.3, 0.4) is 0 Å². The first-order valence-electron chi connectivity index (χ1n) is 8.98. The maximum atomic E-state index is 12.6. The summed E-state index contributed by atoms with van der Waals surface area (Å²) in [6.45, 7) is 4.20. The number of halogens is 3. The molecule has 0 saturated carbocycles. The van der Waals surface area contributed by atoms with Crippen LogP contribution in [0.1, 0.15) is 16.1 Å². The third-order valence-corrected chi connectivity index (χ3v) is 4.68. The highest BCUT2D eigenvalue weighted by atomic mass is 19.4. The van der Waals surface area contributed by atoms with E-state index in [1.54, 1.807) is 11.8 Å². The van der Waals surface area contributed by atoms with Crippen LogP contribution in [0.15, 0.2) is 10.7 Å². The zero-order valence-corrected chi connectivity index (χ0v) is 16.7. The molecule has 168 valence electrons. The number of fused-ring (bicyclic) bond motifs is 1. The number of likely N-dealkylation sites (tertiary alicyclic amines) is 1. The van der Waals surface area contributed by atoms with E-state index in [2.05, 4.69) is 5.16 Å². The molecular formula is C17H23F3N4O6. The first-order chi connectivity index (χ1) is 13.9. The number of carbonyl (C=O) groups excluding carboxylic acids is 2. The molecule has 0 radical (unpaired) electrons. The molecule has 1 aromatic rings. The Morgan fingerprint density at radius 2 is 1.97 bits per heavy atom. The van der Waals surface area contributed by atoms with Gasteiger partial charge in [0.2, 0.25) is 5.91 Å². The highest BCUT2D eigenvalue weighted by molar-refractivity contribution is 5.95. The first-order valence-corrected chi connectivity index (χ1v) is 8.98. The molecule has 3 rings (SSSR count). The van der Waals surface area contributed by atoms with Crippen LogP contribution >= 0.6 is 0 Å². The molecule has 30 heavy (non-hydrogen) atoms. The number of morpholine rings is 1. The molecule has 0 aromatic carbocycles. The van der Waals surface area contributed by atoms with Gasteiger partial charge in [0.25, 0.3) is 5.91 Å². The number of aryl methyl sites for hydroxylation is 1. The highest BCUT2D eigenvalue weighted by Crippen LogP contribution is 2.25. The third-order valence-electron chi connectivity index (χ3n) is 4.68. The minimum atomic E-state index is -5.08. The molecule has 13 heteroatoms. The fourth-order valence-electron chi connectivity index (χ4n) is 3.10. The van der Waals surface area contributed by atoms with Crippen LogP contribution in [0, 0.1) is 6.92 Å². The number of carbonyl (C=O) groups is 3. The highest BCUT2D eigenvalue weighted by Gasteiger charge is 2.45. The van der Waals surface area contributed by atoms with E-state index in [9.17, 15) is 22.8 Å². The fraction of sp³-hybridized carbons (Fsp3) is 0.647. The number of ether oxygens (including phenoxy) is 1. The Morgan fingerprint density at radius 1 is 1.33 bits per heavy atom. The second kappa shape index (κ2) is 9.43. The van der Waals surface area contributed by atoms with Gasteiger partial charge in [-0.05, 0) is 21.0 Å². The fourth-order valence-corrected chi connectivity index (χ4v) is 3.10. The average molecular weight is 436 g/mol. The lowest BCUT2D eigenvalue weighted by Gasteiger charge is -2.37. The van der Waals surface area contributed by atoms with Crippen LogP contribution in [-0.2, 0) is 14.3 Å². The molecule has 2 saturated heterocycles. The Kier molecular flexibility index (Phi) is 7.42. The molecule has 0 unspecified atom stereocenters. The summed E-state index contributed by atoms with van der Waals surface area (Å²) >= 11 is 0. The van der Waals surface area contributed by atoms with Crippen LogP contribution in [-0.4, -0.2) is 108 Å². The normalized spacial score (nSPS) is 21.4. The summed E-state index contributed by atoms with van der Waals surface area (Å²) in [6.07, 6.45) is -3.77. The van der Waals surface area contributed by atoms with E-state index in [4.69, 9.17) is 19.2 Å². The van der Waals surface area contributed by atoms with Crippen molar-refractivity contribution < 1.29 is 41.9 Å². The number of alkyl halides is 3. The van der Waals surface area contributed by atoms with Crippen LogP contribution in [0.4, 0.5) is 13.2 Å². The Labute approximate surface area is 170 Å². The number of carboxylic acids is 1. The van der Waals surface area contributed by atoms with Crippen molar-refractivity contribution in [2.75, 3.05) is 46.9 Å². The van der Waals surface area contributed by atoms with Crippen molar-refractivity contribution in [3.8, 4) is 0 Å². The molecule has 1 aromatic heterocycles. The van der Waals surface area contributed by atoms with Crippen molar-refractivity contribution in [3.05, 3.63) is 17.5 Å². The molecule has 1 N–H and O–H groups in total. The lowest BCUT2D eigenvalue weighted by molar-refractivity contribution is -0.192. The van der Waals surface area contributed by atoms with Gasteiger partial charge in [0.05, 0.1) is 18.3 Å². The Balaban J connectivity index is 0.000000396.